The molecular weight excluding hydrogens is 366 g/mol. The molecule has 26 heavy (non-hydrogen) atoms. The van der Waals surface area contributed by atoms with Crippen molar-refractivity contribution in [1.29, 1.82) is 0 Å². The second-order valence-corrected chi connectivity index (χ2v) is 7.24. The predicted octanol–water partition coefficient (Wildman–Crippen LogP) is 2.15. The summed E-state index contributed by atoms with van der Waals surface area (Å²) in [6.45, 7) is 2.64. The van der Waals surface area contributed by atoms with Crippen LogP contribution in [0.15, 0.2) is 28.2 Å². The average molecular weight is 384 g/mol. The summed E-state index contributed by atoms with van der Waals surface area (Å²) in [4.78, 5) is 24.2. The van der Waals surface area contributed by atoms with Gasteiger partial charge in [0, 0.05) is 12.7 Å². The van der Waals surface area contributed by atoms with E-state index >= 15 is 0 Å². The van der Waals surface area contributed by atoms with Crippen LogP contribution in [-0.2, 0) is 16.1 Å². The van der Waals surface area contributed by atoms with E-state index in [1.807, 2.05) is 0 Å². The van der Waals surface area contributed by atoms with Crippen LogP contribution >= 0.6 is 11.8 Å². The number of halogens is 2. The van der Waals surface area contributed by atoms with E-state index in [-0.39, 0.29) is 17.5 Å². The van der Waals surface area contributed by atoms with Crippen LogP contribution in [0.2, 0.25) is 0 Å². The minimum Gasteiger partial charge on any atom is -0.376 e. The molecule has 0 radical (unpaired) electrons. The highest BCUT2D eigenvalue weighted by Gasteiger charge is 2.23. The fourth-order valence-electron chi connectivity index (χ4n) is 2.58. The number of amides is 1. The monoisotopic (exact) mass is 384 g/mol. The molecule has 1 saturated heterocycles. The van der Waals surface area contributed by atoms with Gasteiger partial charge in [-0.15, -0.1) is 5.10 Å². The van der Waals surface area contributed by atoms with Crippen molar-refractivity contribution in [2.75, 3.05) is 11.9 Å². The number of ether oxygens (including phenoxy) is 1. The number of nitrogens with zero attached hydrogens (tertiary/aromatic N) is 2. The van der Waals surface area contributed by atoms with E-state index in [0.717, 1.165) is 36.7 Å². The summed E-state index contributed by atoms with van der Waals surface area (Å²) >= 11 is 1.07. The van der Waals surface area contributed by atoms with Gasteiger partial charge in [0.1, 0.15) is 11.6 Å². The number of rotatable bonds is 6. The number of hydrogen-bond acceptors (Lipinski definition) is 5. The van der Waals surface area contributed by atoms with E-state index in [9.17, 15) is 18.4 Å². The highest BCUT2D eigenvalue weighted by molar-refractivity contribution is 8.00. The Morgan fingerprint density at radius 1 is 1.54 bits per heavy atom. The molecule has 0 spiro atoms. The van der Waals surface area contributed by atoms with E-state index in [1.54, 1.807) is 6.92 Å². The molecule has 1 aromatic heterocycles. The van der Waals surface area contributed by atoms with E-state index in [4.69, 9.17) is 4.74 Å². The minimum atomic E-state index is -0.856. The van der Waals surface area contributed by atoms with Crippen molar-refractivity contribution in [3.8, 4) is 0 Å². The molecule has 140 valence electrons. The quantitative estimate of drug-likeness (QED) is 0.745. The van der Waals surface area contributed by atoms with Crippen LogP contribution in [0.1, 0.15) is 19.8 Å². The number of anilines is 1. The summed E-state index contributed by atoms with van der Waals surface area (Å²) in [5.41, 5.74) is -0.484. The maximum atomic E-state index is 13.7. The summed E-state index contributed by atoms with van der Waals surface area (Å²) in [7, 11) is 0. The number of hydrogen-bond donors (Lipinski definition) is 2. The van der Waals surface area contributed by atoms with Crippen LogP contribution in [0.25, 0.3) is 0 Å². The van der Waals surface area contributed by atoms with Gasteiger partial charge in [0.15, 0.2) is 5.16 Å². The number of carbonyl (C=O) groups excluding carboxylic acids is 1. The molecule has 3 rings (SSSR count). The summed E-state index contributed by atoms with van der Waals surface area (Å²) in [5.74, 6) is -2.07. The normalized spacial score (nSPS) is 18.0. The Balaban J connectivity index is 1.66. The third-order valence-corrected chi connectivity index (χ3v) is 5.06. The highest BCUT2D eigenvalue weighted by atomic mass is 32.2. The smallest absolute Gasteiger partial charge is 0.344 e. The molecular formula is C16H18F2N4O3S. The molecule has 1 aromatic carbocycles. The molecule has 10 heteroatoms. The van der Waals surface area contributed by atoms with Crippen LogP contribution in [-0.4, -0.2) is 38.6 Å². The SMILES string of the molecule is C[C@@H](Sc1n[nH]c(=O)n1C[C@H]1CCCO1)C(=O)Nc1ccc(F)cc1F. The maximum absolute atomic E-state index is 13.7. The van der Waals surface area contributed by atoms with E-state index in [1.165, 1.54) is 4.57 Å². The lowest BCUT2D eigenvalue weighted by molar-refractivity contribution is -0.115. The molecule has 2 heterocycles. The third kappa shape index (κ3) is 4.31. The number of thioether (sulfide) groups is 1. The highest BCUT2D eigenvalue weighted by Crippen LogP contribution is 2.24. The number of aromatic amines is 1. The van der Waals surface area contributed by atoms with Crippen LogP contribution in [0, 0.1) is 11.6 Å². The van der Waals surface area contributed by atoms with Gasteiger partial charge in [-0.2, -0.15) is 0 Å². The first-order chi connectivity index (χ1) is 12.4. The first-order valence-electron chi connectivity index (χ1n) is 8.13. The fraction of sp³-hybridized carbons (Fsp3) is 0.438. The molecule has 2 aromatic rings. The van der Waals surface area contributed by atoms with Gasteiger partial charge in [-0.05, 0) is 31.9 Å². The van der Waals surface area contributed by atoms with Crippen molar-refractivity contribution < 1.29 is 18.3 Å². The Morgan fingerprint density at radius 3 is 3.04 bits per heavy atom. The van der Waals surface area contributed by atoms with Crippen molar-refractivity contribution in [2.45, 2.75) is 42.8 Å². The summed E-state index contributed by atoms with van der Waals surface area (Å²) in [5, 5.41) is 8.42. The maximum Gasteiger partial charge on any atom is 0.344 e. The van der Waals surface area contributed by atoms with Gasteiger partial charge in [0.25, 0.3) is 0 Å². The van der Waals surface area contributed by atoms with Crippen molar-refractivity contribution in [3.05, 3.63) is 40.3 Å². The molecule has 2 atom stereocenters. The lowest BCUT2D eigenvalue weighted by Gasteiger charge is -2.14. The predicted molar refractivity (Wildman–Crippen MR) is 92.1 cm³/mol. The standard InChI is InChI=1S/C16H18F2N4O3S/c1-9(14(23)19-13-5-4-10(17)7-12(13)18)26-16-21-20-15(24)22(16)8-11-3-2-6-25-11/h4-5,7,9,11H,2-3,6,8H2,1H3,(H,19,23)(H,20,24)/t9-,11-/m1/s1. The molecule has 0 bridgehead atoms. The number of H-pyrrole nitrogens is 1. The fourth-order valence-corrected chi connectivity index (χ4v) is 3.45. The lowest BCUT2D eigenvalue weighted by atomic mass is 10.2. The molecule has 0 saturated carbocycles. The van der Waals surface area contributed by atoms with Gasteiger partial charge in [-0.25, -0.2) is 18.7 Å². The van der Waals surface area contributed by atoms with Gasteiger partial charge in [-0.3, -0.25) is 9.36 Å². The molecule has 1 amide bonds. The first kappa shape index (κ1) is 18.6. The van der Waals surface area contributed by atoms with Gasteiger partial charge in [-0.1, -0.05) is 11.8 Å². The topological polar surface area (TPSA) is 89.0 Å². The van der Waals surface area contributed by atoms with Gasteiger partial charge in [0.05, 0.1) is 23.6 Å². The Hall–Kier alpha value is -2.20. The number of nitrogens with one attached hydrogen (secondary N) is 2. The Morgan fingerprint density at radius 2 is 2.35 bits per heavy atom. The molecule has 1 fully saturated rings. The summed E-state index contributed by atoms with van der Waals surface area (Å²) < 4.78 is 33.6. The van der Waals surface area contributed by atoms with Gasteiger partial charge in [0.2, 0.25) is 5.91 Å². The zero-order valence-corrected chi connectivity index (χ0v) is 14.8. The Labute approximate surface area is 152 Å². The van der Waals surface area contributed by atoms with Crippen molar-refractivity contribution in [3.63, 3.8) is 0 Å². The van der Waals surface area contributed by atoms with Crippen LogP contribution in [0.4, 0.5) is 14.5 Å². The van der Waals surface area contributed by atoms with Crippen molar-refractivity contribution in [2.24, 2.45) is 0 Å². The molecule has 1 aliphatic rings. The largest absolute Gasteiger partial charge is 0.376 e. The molecule has 1 aliphatic heterocycles. The summed E-state index contributed by atoms with van der Waals surface area (Å²) in [6, 6.07) is 2.91. The molecule has 7 nitrogen and oxygen atoms in total. The van der Waals surface area contributed by atoms with E-state index in [0.29, 0.717) is 24.4 Å². The summed E-state index contributed by atoms with van der Waals surface area (Å²) in [6.07, 6.45) is 1.76. The Bertz CT molecular complexity index is 848. The van der Waals surface area contributed by atoms with Crippen LogP contribution < -0.4 is 11.0 Å². The van der Waals surface area contributed by atoms with Crippen molar-refractivity contribution >= 4 is 23.4 Å². The lowest BCUT2D eigenvalue weighted by Crippen LogP contribution is -2.27. The van der Waals surface area contributed by atoms with Crippen molar-refractivity contribution in [1.82, 2.24) is 14.8 Å². The van der Waals surface area contributed by atoms with Crippen LogP contribution in [0.5, 0.6) is 0 Å². The molecule has 2 N–H and O–H groups in total. The second-order valence-electron chi connectivity index (χ2n) is 5.93. The van der Waals surface area contributed by atoms with E-state index in [2.05, 4.69) is 15.5 Å². The van der Waals surface area contributed by atoms with Gasteiger partial charge >= 0.3 is 5.69 Å². The molecule has 0 aliphatic carbocycles. The van der Waals surface area contributed by atoms with Gasteiger partial charge < -0.3 is 10.1 Å². The number of benzene rings is 1. The number of carbonyl (C=O) groups is 1. The first-order valence-corrected chi connectivity index (χ1v) is 9.01. The molecule has 0 unspecified atom stereocenters. The zero-order chi connectivity index (χ0) is 18.7. The minimum absolute atomic E-state index is 0.0536. The van der Waals surface area contributed by atoms with Crippen LogP contribution in [0.3, 0.4) is 0 Å². The second kappa shape index (κ2) is 8.00. The average Bonchev–Trinajstić information content (AvgIpc) is 3.22. The Kier molecular flexibility index (Phi) is 5.72. The number of aromatic nitrogens is 3. The third-order valence-electron chi connectivity index (χ3n) is 3.97. The van der Waals surface area contributed by atoms with E-state index < -0.39 is 22.8 Å². The zero-order valence-electron chi connectivity index (χ0n) is 14.0.